The van der Waals surface area contributed by atoms with Gasteiger partial charge in [0.2, 0.25) is 0 Å². The zero-order valence-corrected chi connectivity index (χ0v) is 14.0. The molecule has 0 saturated carbocycles. The second-order valence-corrected chi connectivity index (χ2v) is 5.76. The number of hydrogen-bond acceptors (Lipinski definition) is 2. The summed E-state index contributed by atoms with van der Waals surface area (Å²) in [5.41, 5.74) is 4.06. The van der Waals surface area contributed by atoms with E-state index < -0.39 is 0 Å². The minimum Gasteiger partial charge on any atom is -0.491 e. The van der Waals surface area contributed by atoms with Crippen LogP contribution in [0.1, 0.15) is 44.9 Å². The fraction of sp³-hybridized carbons (Fsp3) is 0.556. The molecule has 1 atom stereocenters. The Kier molecular flexibility index (Phi) is 5.29. The van der Waals surface area contributed by atoms with Crippen LogP contribution in [0.3, 0.4) is 0 Å². The van der Waals surface area contributed by atoms with Gasteiger partial charge < -0.3 is 14.6 Å². The van der Waals surface area contributed by atoms with Crippen molar-refractivity contribution in [3.05, 3.63) is 29.5 Å². The lowest BCUT2D eigenvalue weighted by Gasteiger charge is -2.13. The van der Waals surface area contributed by atoms with Gasteiger partial charge in [-0.15, -0.1) is 0 Å². The highest BCUT2D eigenvalue weighted by atomic mass is 16.5. The molecule has 116 valence electrons. The fourth-order valence-electron chi connectivity index (χ4n) is 2.83. The predicted octanol–water partition coefficient (Wildman–Crippen LogP) is 4.26. The number of fused-ring (bicyclic) bond motifs is 1. The van der Waals surface area contributed by atoms with E-state index in [1.165, 1.54) is 22.2 Å². The van der Waals surface area contributed by atoms with Crippen molar-refractivity contribution in [3.63, 3.8) is 0 Å². The van der Waals surface area contributed by atoms with Crippen molar-refractivity contribution in [2.75, 3.05) is 7.05 Å². The van der Waals surface area contributed by atoms with Crippen LogP contribution in [0.25, 0.3) is 10.9 Å². The van der Waals surface area contributed by atoms with E-state index in [1.807, 2.05) is 7.05 Å². The molecule has 2 rings (SSSR count). The first-order chi connectivity index (χ1) is 10.1. The van der Waals surface area contributed by atoms with Crippen LogP contribution in [0.15, 0.2) is 18.2 Å². The third-order valence-corrected chi connectivity index (χ3v) is 4.14. The van der Waals surface area contributed by atoms with E-state index in [9.17, 15) is 0 Å². The smallest absolute Gasteiger partial charge is 0.120 e. The molecule has 3 heteroatoms. The van der Waals surface area contributed by atoms with Gasteiger partial charge in [-0.25, -0.2) is 0 Å². The van der Waals surface area contributed by atoms with Crippen LogP contribution in [0.4, 0.5) is 0 Å². The van der Waals surface area contributed by atoms with Gasteiger partial charge in [-0.05, 0) is 57.5 Å². The van der Waals surface area contributed by atoms with Gasteiger partial charge in [0.05, 0.1) is 6.10 Å². The van der Waals surface area contributed by atoms with Crippen molar-refractivity contribution in [2.45, 2.75) is 59.7 Å². The van der Waals surface area contributed by atoms with E-state index in [4.69, 9.17) is 4.74 Å². The van der Waals surface area contributed by atoms with E-state index in [-0.39, 0.29) is 6.10 Å². The molecule has 0 aliphatic rings. The van der Waals surface area contributed by atoms with Gasteiger partial charge in [0, 0.05) is 29.7 Å². The summed E-state index contributed by atoms with van der Waals surface area (Å²) in [6.45, 7) is 10.7. The summed E-state index contributed by atoms with van der Waals surface area (Å²) in [4.78, 5) is 0. The molecule has 0 amide bonds. The molecule has 1 aromatic heterocycles. The molecule has 0 bridgehead atoms. The summed E-state index contributed by atoms with van der Waals surface area (Å²) >= 11 is 0. The molecule has 3 nitrogen and oxygen atoms in total. The molecule has 0 unspecified atom stereocenters. The van der Waals surface area contributed by atoms with Crippen LogP contribution in [0, 0.1) is 6.92 Å². The van der Waals surface area contributed by atoms with E-state index in [1.54, 1.807) is 0 Å². The molecule has 2 aromatic rings. The monoisotopic (exact) mass is 288 g/mol. The number of rotatable bonds is 7. The number of aromatic nitrogens is 1. The number of nitrogens with one attached hydrogen (secondary N) is 1. The maximum atomic E-state index is 5.98. The van der Waals surface area contributed by atoms with Crippen LogP contribution >= 0.6 is 0 Å². The molecule has 0 saturated heterocycles. The molecule has 0 aliphatic carbocycles. The lowest BCUT2D eigenvalue weighted by atomic mass is 10.1. The minimum atomic E-state index is 0.258. The second kappa shape index (κ2) is 6.99. The number of nitrogens with zero attached hydrogens (tertiary/aromatic N) is 1. The standard InChI is InChI=1S/C18H28N2O/c1-6-10-20-14(4)17(12-19-5)16-11-15(8-9-18(16)20)21-13(3)7-2/h8-9,11,13,19H,6-7,10,12H2,1-5H3/t13-/m1/s1. The Hall–Kier alpha value is -1.48. The molecule has 0 spiro atoms. The van der Waals surface area contributed by atoms with Crippen LogP contribution in [0.2, 0.25) is 0 Å². The zero-order chi connectivity index (χ0) is 15.4. The Morgan fingerprint density at radius 1 is 1.29 bits per heavy atom. The Balaban J connectivity index is 2.50. The number of hydrogen-bond donors (Lipinski definition) is 1. The van der Waals surface area contributed by atoms with E-state index >= 15 is 0 Å². The molecule has 0 aliphatic heterocycles. The molecule has 1 heterocycles. The van der Waals surface area contributed by atoms with E-state index in [0.717, 1.165) is 31.7 Å². The molecule has 0 radical (unpaired) electrons. The van der Waals surface area contributed by atoms with Crippen molar-refractivity contribution in [3.8, 4) is 5.75 Å². The number of aryl methyl sites for hydroxylation is 1. The van der Waals surface area contributed by atoms with Crippen LogP contribution < -0.4 is 10.1 Å². The van der Waals surface area contributed by atoms with Gasteiger partial charge >= 0.3 is 0 Å². The molecular formula is C18H28N2O. The first-order valence-electron chi connectivity index (χ1n) is 8.05. The largest absolute Gasteiger partial charge is 0.491 e. The van der Waals surface area contributed by atoms with Gasteiger partial charge in [-0.1, -0.05) is 13.8 Å². The van der Waals surface area contributed by atoms with Crippen molar-refractivity contribution in [1.82, 2.24) is 9.88 Å². The van der Waals surface area contributed by atoms with E-state index in [0.29, 0.717) is 0 Å². The zero-order valence-electron chi connectivity index (χ0n) is 14.0. The summed E-state index contributed by atoms with van der Waals surface area (Å²) < 4.78 is 8.41. The molecular weight excluding hydrogens is 260 g/mol. The maximum absolute atomic E-state index is 5.98. The minimum absolute atomic E-state index is 0.258. The SMILES string of the molecule is CCCn1c(C)c(CNC)c2cc(O[C@H](C)CC)ccc21. The van der Waals surface area contributed by atoms with Gasteiger partial charge in [0.25, 0.3) is 0 Å². The summed E-state index contributed by atoms with van der Waals surface area (Å²) in [7, 11) is 2.00. The van der Waals surface area contributed by atoms with Crippen LogP contribution in [-0.4, -0.2) is 17.7 Å². The first kappa shape index (κ1) is 15.9. The number of benzene rings is 1. The number of ether oxygens (including phenoxy) is 1. The average Bonchev–Trinajstić information content (AvgIpc) is 2.73. The topological polar surface area (TPSA) is 26.2 Å². The van der Waals surface area contributed by atoms with Gasteiger partial charge in [-0.3, -0.25) is 0 Å². The summed E-state index contributed by atoms with van der Waals surface area (Å²) in [6, 6.07) is 6.51. The Morgan fingerprint density at radius 3 is 2.67 bits per heavy atom. The summed E-state index contributed by atoms with van der Waals surface area (Å²) in [5, 5.41) is 4.61. The van der Waals surface area contributed by atoms with Crippen LogP contribution in [-0.2, 0) is 13.1 Å². The highest BCUT2D eigenvalue weighted by Gasteiger charge is 2.14. The predicted molar refractivity (Wildman–Crippen MR) is 90.1 cm³/mol. The normalized spacial score (nSPS) is 12.8. The van der Waals surface area contributed by atoms with Gasteiger partial charge in [0.15, 0.2) is 0 Å². The molecule has 1 aromatic carbocycles. The highest BCUT2D eigenvalue weighted by Crippen LogP contribution is 2.30. The van der Waals surface area contributed by atoms with Gasteiger partial charge in [-0.2, -0.15) is 0 Å². The Bertz CT molecular complexity index is 601. The van der Waals surface area contributed by atoms with Crippen molar-refractivity contribution >= 4 is 10.9 Å². The lowest BCUT2D eigenvalue weighted by Crippen LogP contribution is -2.09. The van der Waals surface area contributed by atoms with Crippen molar-refractivity contribution < 1.29 is 4.74 Å². The quantitative estimate of drug-likeness (QED) is 0.824. The van der Waals surface area contributed by atoms with Gasteiger partial charge in [0.1, 0.15) is 5.75 Å². The average molecular weight is 288 g/mol. The highest BCUT2D eigenvalue weighted by molar-refractivity contribution is 5.87. The Morgan fingerprint density at radius 2 is 2.05 bits per heavy atom. The maximum Gasteiger partial charge on any atom is 0.120 e. The molecule has 0 fully saturated rings. The third-order valence-electron chi connectivity index (χ3n) is 4.14. The van der Waals surface area contributed by atoms with E-state index in [2.05, 4.69) is 55.8 Å². The van der Waals surface area contributed by atoms with Crippen LogP contribution in [0.5, 0.6) is 5.75 Å². The lowest BCUT2D eigenvalue weighted by molar-refractivity contribution is 0.217. The van der Waals surface area contributed by atoms with Crippen molar-refractivity contribution in [2.24, 2.45) is 0 Å². The second-order valence-electron chi connectivity index (χ2n) is 5.76. The molecule has 21 heavy (non-hydrogen) atoms. The first-order valence-corrected chi connectivity index (χ1v) is 8.05. The fourth-order valence-corrected chi connectivity index (χ4v) is 2.83. The Labute approximate surface area is 128 Å². The summed E-state index contributed by atoms with van der Waals surface area (Å²) in [5.74, 6) is 0.975. The van der Waals surface area contributed by atoms with Crippen molar-refractivity contribution in [1.29, 1.82) is 0 Å². The summed E-state index contributed by atoms with van der Waals surface area (Å²) in [6.07, 6.45) is 2.43. The third kappa shape index (κ3) is 3.24. The molecule has 1 N–H and O–H groups in total.